The molecule has 0 aliphatic rings. The number of aryl methyl sites for hydroxylation is 2. The monoisotopic (exact) mass is 376 g/mol. The first kappa shape index (κ1) is 17.0. The second-order valence-electron chi connectivity index (χ2n) is 5.44. The van der Waals surface area contributed by atoms with E-state index in [9.17, 15) is 4.79 Å². The van der Waals surface area contributed by atoms with Gasteiger partial charge in [0.1, 0.15) is 0 Å². The van der Waals surface area contributed by atoms with Crippen molar-refractivity contribution in [2.24, 2.45) is 0 Å². The van der Waals surface area contributed by atoms with Crippen LogP contribution in [0.1, 0.15) is 21.5 Å². The molecule has 0 spiro atoms. The van der Waals surface area contributed by atoms with E-state index in [0.717, 1.165) is 16.8 Å². The quantitative estimate of drug-likeness (QED) is 0.610. The lowest BCUT2D eigenvalue weighted by atomic mass is 10.0. The molecule has 1 heterocycles. The first-order valence-electron chi connectivity index (χ1n) is 7.23. The van der Waals surface area contributed by atoms with Gasteiger partial charge in [0.2, 0.25) is 0 Å². The molecule has 1 aromatic heterocycles. The van der Waals surface area contributed by atoms with Gasteiger partial charge in [-0.25, -0.2) is 4.98 Å². The topological polar surface area (TPSA) is 42.0 Å². The molecule has 0 saturated carbocycles. The minimum absolute atomic E-state index is 0.268. The smallest absolute Gasteiger partial charge is 0.257 e. The fraction of sp³-hybridized carbons (Fsp3) is 0.111. The van der Waals surface area contributed by atoms with E-state index in [-0.39, 0.29) is 5.91 Å². The van der Waals surface area contributed by atoms with Crippen molar-refractivity contribution in [2.45, 2.75) is 13.8 Å². The Morgan fingerprint density at radius 2 is 1.88 bits per heavy atom. The lowest BCUT2D eigenvalue weighted by Gasteiger charge is -2.04. The van der Waals surface area contributed by atoms with Gasteiger partial charge in [-0.2, -0.15) is 0 Å². The summed E-state index contributed by atoms with van der Waals surface area (Å²) in [7, 11) is 0. The molecule has 6 heteroatoms. The number of nitrogens with zero attached hydrogens (tertiary/aromatic N) is 1. The third kappa shape index (κ3) is 3.61. The van der Waals surface area contributed by atoms with Crippen molar-refractivity contribution in [3.63, 3.8) is 0 Å². The Morgan fingerprint density at radius 1 is 1.08 bits per heavy atom. The fourth-order valence-electron chi connectivity index (χ4n) is 2.36. The molecular weight excluding hydrogens is 363 g/mol. The van der Waals surface area contributed by atoms with Gasteiger partial charge < -0.3 is 0 Å². The molecule has 3 nitrogen and oxygen atoms in total. The predicted octanol–water partition coefficient (Wildman–Crippen LogP) is 5.99. The maximum Gasteiger partial charge on any atom is 0.257 e. The van der Waals surface area contributed by atoms with Crippen LogP contribution in [0.2, 0.25) is 10.0 Å². The van der Waals surface area contributed by atoms with Crippen LogP contribution >= 0.6 is 34.5 Å². The highest BCUT2D eigenvalue weighted by Gasteiger charge is 2.12. The van der Waals surface area contributed by atoms with E-state index in [0.29, 0.717) is 20.7 Å². The third-order valence-corrected chi connectivity index (χ3v) is 5.06. The molecule has 3 rings (SSSR count). The zero-order chi connectivity index (χ0) is 17.3. The van der Waals surface area contributed by atoms with E-state index < -0.39 is 0 Å². The fourth-order valence-corrected chi connectivity index (χ4v) is 3.37. The highest BCUT2D eigenvalue weighted by molar-refractivity contribution is 7.14. The molecule has 24 heavy (non-hydrogen) atoms. The van der Waals surface area contributed by atoms with Crippen molar-refractivity contribution in [1.82, 2.24) is 4.98 Å². The van der Waals surface area contributed by atoms with Gasteiger partial charge in [-0.3, -0.25) is 10.1 Å². The standard InChI is InChI=1S/C18H14Cl2N2OS/c1-10-3-5-13(11(2)7-10)16-9-24-18(21-16)22-17(23)12-4-6-14(19)15(20)8-12/h3-9H,1-2H3,(H,21,22,23). The van der Waals surface area contributed by atoms with Crippen LogP contribution in [0.5, 0.6) is 0 Å². The molecule has 122 valence electrons. The van der Waals surface area contributed by atoms with Crippen LogP contribution in [-0.2, 0) is 0 Å². The molecular formula is C18H14Cl2N2OS. The zero-order valence-corrected chi connectivity index (χ0v) is 15.4. The first-order chi connectivity index (χ1) is 11.4. The number of nitrogens with one attached hydrogen (secondary N) is 1. The van der Waals surface area contributed by atoms with Crippen molar-refractivity contribution < 1.29 is 4.79 Å². The molecule has 2 aromatic carbocycles. The molecule has 1 amide bonds. The van der Waals surface area contributed by atoms with E-state index in [2.05, 4.69) is 36.3 Å². The SMILES string of the molecule is Cc1ccc(-c2csc(NC(=O)c3ccc(Cl)c(Cl)c3)n2)c(C)c1. The van der Waals surface area contributed by atoms with Crippen molar-refractivity contribution in [1.29, 1.82) is 0 Å². The molecule has 1 N–H and O–H groups in total. The summed E-state index contributed by atoms with van der Waals surface area (Å²) in [6.45, 7) is 4.11. The summed E-state index contributed by atoms with van der Waals surface area (Å²) in [6, 6.07) is 11.0. The number of hydrogen-bond donors (Lipinski definition) is 1. The first-order valence-corrected chi connectivity index (χ1v) is 8.87. The van der Waals surface area contributed by atoms with Gasteiger partial charge in [-0.05, 0) is 37.6 Å². The molecule has 0 atom stereocenters. The summed E-state index contributed by atoms with van der Waals surface area (Å²) in [5.74, 6) is -0.268. The van der Waals surface area contributed by atoms with Crippen LogP contribution in [0.3, 0.4) is 0 Å². The summed E-state index contributed by atoms with van der Waals surface area (Å²) >= 11 is 13.2. The van der Waals surface area contributed by atoms with Crippen molar-refractivity contribution in [3.8, 4) is 11.3 Å². The van der Waals surface area contributed by atoms with E-state index >= 15 is 0 Å². The molecule has 0 saturated heterocycles. The number of aromatic nitrogens is 1. The third-order valence-electron chi connectivity index (χ3n) is 3.56. The van der Waals surface area contributed by atoms with Crippen LogP contribution in [0.15, 0.2) is 41.8 Å². The summed E-state index contributed by atoms with van der Waals surface area (Å²) in [5.41, 5.74) is 4.71. The van der Waals surface area contributed by atoms with Gasteiger partial charge in [-0.15, -0.1) is 11.3 Å². The average molecular weight is 377 g/mol. The highest BCUT2D eigenvalue weighted by atomic mass is 35.5. The van der Waals surface area contributed by atoms with Gasteiger partial charge in [-0.1, -0.05) is 47.0 Å². The second-order valence-corrected chi connectivity index (χ2v) is 7.11. The van der Waals surface area contributed by atoms with Crippen molar-refractivity contribution in [3.05, 3.63) is 68.5 Å². The Balaban J connectivity index is 1.80. The predicted molar refractivity (Wildman–Crippen MR) is 101 cm³/mol. The molecule has 0 bridgehead atoms. The van der Waals surface area contributed by atoms with Gasteiger partial charge in [0, 0.05) is 16.5 Å². The minimum Gasteiger partial charge on any atom is -0.298 e. The van der Waals surface area contributed by atoms with Crippen LogP contribution in [-0.4, -0.2) is 10.9 Å². The summed E-state index contributed by atoms with van der Waals surface area (Å²) in [4.78, 5) is 16.8. The number of carbonyl (C=O) groups excluding carboxylic acids is 1. The Kier molecular flexibility index (Phi) is 4.90. The van der Waals surface area contributed by atoms with Crippen LogP contribution in [0.25, 0.3) is 11.3 Å². The highest BCUT2D eigenvalue weighted by Crippen LogP contribution is 2.28. The average Bonchev–Trinajstić information content (AvgIpc) is 2.98. The van der Waals surface area contributed by atoms with Gasteiger partial charge in [0.15, 0.2) is 5.13 Å². The van der Waals surface area contributed by atoms with Gasteiger partial charge in [0.25, 0.3) is 5.91 Å². The molecule has 0 radical (unpaired) electrons. The van der Waals surface area contributed by atoms with Crippen LogP contribution in [0.4, 0.5) is 5.13 Å². The molecule has 0 aliphatic heterocycles. The van der Waals surface area contributed by atoms with Crippen LogP contribution < -0.4 is 5.32 Å². The van der Waals surface area contributed by atoms with Crippen LogP contribution in [0, 0.1) is 13.8 Å². The summed E-state index contributed by atoms with van der Waals surface area (Å²) in [6.07, 6.45) is 0. The van der Waals surface area contributed by atoms with E-state index in [1.165, 1.54) is 23.0 Å². The minimum atomic E-state index is -0.268. The lowest BCUT2D eigenvalue weighted by Crippen LogP contribution is -2.11. The largest absolute Gasteiger partial charge is 0.298 e. The Morgan fingerprint density at radius 3 is 2.58 bits per heavy atom. The maximum atomic E-state index is 12.3. The maximum absolute atomic E-state index is 12.3. The number of hydrogen-bond acceptors (Lipinski definition) is 3. The number of anilines is 1. The Labute approximate surface area is 154 Å². The molecule has 0 aliphatic carbocycles. The molecule has 3 aromatic rings. The normalized spacial score (nSPS) is 10.7. The van der Waals surface area contributed by atoms with E-state index in [4.69, 9.17) is 23.2 Å². The zero-order valence-electron chi connectivity index (χ0n) is 13.1. The molecule has 0 fully saturated rings. The van der Waals surface area contributed by atoms with Gasteiger partial charge >= 0.3 is 0 Å². The second kappa shape index (κ2) is 6.93. The number of benzene rings is 2. The lowest BCUT2D eigenvalue weighted by molar-refractivity contribution is 0.102. The van der Waals surface area contributed by atoms with Crippen molar-refractivity contribution >= 4 is 45.6 Å². The summed E-state index contributed by atoms with van der Waals surface area (Å²) < 4.78 is 0. The number of thiazole rings is 1. The Bertz CT molecular complexity index is 921. The van der Waals surface area contributed by atoms with Gasteiger partial charge in [0.05, 0.1) is 15.7 Å². The molecule has 0 unspecified atom stereocenters. The number of carbonyl (C=O) groups is 1. The number of amides is 1. The number of halogens is 2. The Hall–Kier alpha value is -1.88. The van der Waals surface area contributed by atoms with E-state index in [1.807, 2.05) is 11.4 Å². The summed E-state index contributed by atoms with van der Waals surface area (Å²) in [5, 5.41) is 6.03. The van der Waals surface area contributed by atoms with Crippen molar-refractivity contribution in [2.75, 3.05) is 5.32 Å². The van der Waals surface area contributed by atoms with E-state index in [1.54, 1.807) is 12.1 Å². The number of rotatable bonds is 3.